The van der Waals surface area contributed by atoms with Gasteiger partial charge in [0, 0.05) is 37.4 Å². The normalized spacial score (nSPS) is 17.3. The summed E-state index contributed by atoms with van der Waals surface area (Å²) in [5, 5.41) is 0. The lowest BCUT2D eigenvalue weighted by molar-refractivity contribution is 0.0750. The summed E-state index contributed by atoms with van der Waals surface area (Å²) in [6.07, 6.45) is 4.19. The third kappa shape index (κ3) is 3.14. The lowest BCUT2D eigenvalue weighted by atomic mass is 10.2. The molecule has 6 nitrogen and oxygen atoms in total. The summed E-state index contributed by atoms with van der Waals surface area (Å²) in [6.45, 7) is 3.58. The number of rotatable bonds is 4. The van der Waals surface area contributed by atoms with Gasteiger partial charge in [-0.2, -0.15) is 0 Å². The van der Waals surface area contributed by atoms with Crippen LogP contribution in [-0.2, 0) is 0 Å². The Hall–Kier alpha value is -2.15. The molecule has 3 rings (SSSR count). The van der Waals surface area contributed by atoms with E-state index in [2.05, 4.69) is 14.9 Å². The number of aromatic nitrogens is 2. The molecule has 0 saturated carbocycles. The van der Waals surface area contributed by atoms with Gasteiger partial charge >= 0.3 is 0 Å². The predicted molar refractivity (Wildman–Crippen MR) is 90.4 cm³/mol. The zero-order valence-corrected chi connectivity index (χ0v) is 14.3. The smallest absolute Gasteiger partial charge is 0.263 e. The van der Waals surface area contributed by atoms with Crippen molar-refractivity contribution in [3.63, 3.8) is 0 Å². The number of methoxy groups -OCH3 is 1. The highest BCUT2D eigenvalue weighted by molar-refractivity contribution is 7.13. The molecule has 0 N–H and O–H groups in total. The van der Waals surface area contributed by atoms with Crippen LogP contribution in [0.3, 0.4) is 0 Å². The molecular formula is C16H20N4O2S. The van der Waals surface area contributed by atoms with Crippen molar-refractivity contribution in [3.8, 4) is 5.88 Å². The number of hydrogen-bond donors (Lipinski definition) is 0. The minimum atomic E-state index is 0.0843. The first kappa shape index (κ1) is 15.7. The number of carbonyl (C=O) groups excluding carboxylic acids is 1. The van der Waals surface area contributed by atoms with Crippen molar-refractivity contribution in [1.82, 2.24) is 14.9 Å². The molecule has 1 aliphatic heterocycles. The van der Waals surface area contributed by atoms with Crippen molar-refractivity contribution in [3.05, 3.63) is 34.3 Å². The molecule has 1 atom stereocenters. The Kier molecular flexibility index (Phi) is 4.47. The van der Waals surface area contributed by atoms with E-state index in [1.807, 2.05) is 31.0 Å². The maximum Gasteiger partial charge on any atom is 0.263 e. The summed E-state index contributed by atoms with van der Waals surface area (Å²) < 4.78 is 5.28. The van der Waals surface area contributed by atoms with Crippen LogP contribution in [0.15, 0.2) is 24.5 Å². The first-order valence-corrected chi connectivity index (χ1v) is 8.35. The second-order valence-corrected chi connectivity index (χ2v) is 6.89. The van der Waals surface area contributed by atoms with Gasteiger partial charge in [-0.25, -0.2) is 9.97 Å². The maximum atomic E-state index is 12.6. The van der Waals surface area contributed by atoms with Crippen LogP contribution in [0.5, 0.6) is 5.88 Å². The second kappa shape index (κ2) is 6.54. The van der Waals surface area contributed by atoms with Crippen LogP contribution in [0.1, 0.15) is 21.0 Å². The topological polar surface area (TPSA) is 58.6 Å². The van der Waals surface area contributed by atoms with E-state index in [4.69, 9.17) is 4.74 Å². The highest BCUT2D eigenvalue weighted by Gasteiger charge is 2.31. The molecule has 0 spiro atoms. The first-order chi connectivity index (χ1) is 11.1. The van der Waals surface area contributed by atoms with Crippen LogP contribution in [-0.4, -0.2) is 54.1 Å². The molecule has 7 heteroatoms. The van der Waals surface area contributed by atoms with Crippen LogP contribution in [0.2, 0.25) is 0 Å². The maximum absolute atomic E-state index is 12.6. The average molecular weight is 332 g/mol. The molecule has 0 aromatic carbocycles. The Morgan fingerprint density at radius 1 is 1.39 bits per heavy atom. The molecule has 2 aromatic heterocycles. The number of nitrogens with zero attached hydrogens (tertiary/aromatic N) is 4. The standard InChI is InChI=1S/C16H20N4O2S/c1-11-4-5-13(23-11)16(21)19(2)12-6-9-20(10-12)14-15(22-3)18-8-7-17-14/h4-5,7-8,12H,6,9-10H2,1-3H3. The summed E-state index contributed by atoms with van der Waals surface area (Å²) in [7, 11) is 3.47. The third-order valence-electron chi connectivity index (χ3n) is 4.12. The molecule has 0 bridgehead atoms. The zero-order valence-electron chi connectivity index (χ0n) is 13.5. The molecule has 1 saturated heterocycles. The molecule has 23 heavy (non-hydrogen) atoms. The number of carbonyl (C=O) groups is 1. The average Bonchev–Trinajstić information content (AvgIpc) is 3.22. The molecule has 1 unspecified atom stereocenters. The number of likely N-dealkylation sites (N-methyl/N-ethyl adjacent to an activating group) is 1. The minimum Gasteiger partial charge on any atom is -0.478 e. The first-order valence-electron chi connectivity index (χ1n) is 7.53. The van der Waals surface area contributed by atoms with Gasteiger partial charge in [-0.05, 0) is 25.5 Å². The van der Waals surface area contributed by atoms with Crippen molar-refractivity contribution >= 4 is 23.1 Å². The van der Waals surface area contributed by atoms with Crippen LogP contribution >= 0.6 is 11.3 Å². The minimum absolute atomic E-state index is 0.0843. The van der Waals surface area contributed by atoms with Gasteiger partial charge in [-0.15, -0.1) is 11.3 Å². The quantitative estimate of drug-likeness (QED) is 0.859. The number of thiophene rings is 1. The Balaban J connectivity index is 1.70. The van der Waals surface area contributed by atoms with Crippen molar-refractivity contribution in [2.75, 3.05) is 32.1 Å². The van der Waals surface area contributed by atoms with Gasteiger partial charge in [-0.1, -0.05) is 0 Å². The fourth-order valence-electron chi connectivity index (χ4n) is 2.82. The van der Waals surface area contributed by atoms with Crippen LogP contribution < -0.4 is 9.64 Å². The van der Waals surface area contributed by atoms with Crippen LogP contribution in [0, 0.1) is 6.92 Å². The molecule has 1 fully saturated rings. The van der Waals surface area contributed by atoms with Crippen molar-refractivity contribution in [1.29, 1.82) is 0 Å². The van der Waals surface area contributed by atoms with E-state index in [1.165, 1.54) is 11.3 Å². The Bertz CT molecular complexity index is 703. The van der Waals surface area contributed by atoms with E-state index in [-0.39, 0.29) is 11.9 Å². The van der Waals surface area contributed by atoms with Crippen molar-refractivity contribution in [2.24, 2.45) is 0 Å². The van der Waals surface area contributed by atoms with Crippen molar-refractivity contribution in [2.45, 2.75) is 19.4 Å². The molecule has 1 amide bonds. The van der Waals surface area contributed by atoms with Gasteiger partial charge in [0.1, 0.15) is 0 Å². The Labute approximate surface area is 139 Å². The Morgan fingerprint density at radius 2 is 2.17 bits per heavy atom. The van der Waals surface area contributed by atoms with Crippen LogP contribution in [0.4, 0.5) is 5.82 Å². The number of anilines is 1. The fourth-order valence-corrected chi connectivity index (χ4v) is 3.67. The highest BCUT2D eigenvalue weighted by Crippen LogP contribution is 2.28. The SMILES string of the molecule is COc1nccnc1N1CCC(N(C)C(=O)c2ccc(C)s2)C1. The summed E-state index contributed by atoms with van der Waals surface area (Å²) in [5.41, 5.74) is 0. The summed E-state index contributed by atoms with van der Waals surface area (Å²) in [5.74, 6) is 1.35. The molecule has 0 radical (unpaired) electrons. The lowest BCUT2D eigenvalue weighted by Gasteiger charge is -2.25. The number of ether oxygens (including phenoxy) is 1. The highest BCUT2D eigenvalue weighted by atomic mass is 32.1. The largest absolute Gasteiger partial charge is 0.478 e. The molecule has 3 heterocycles. The summed E-state index contributed by atoms with van der Waals surface area (Å²) in [4.78, 5) is 27.0. The van der Waals surface area contributed by atoms with E-state index in [1.54, 1.807) is 19.5 Å². The van der Waals surface area contributed by atoms with Gasteiger partial charge in [-0.3, -0.25) is 4.79 Å². The van der Waals surface area contributed by atoms with Gasteiger partial charge in [0.05, 0.1) is 18.0 Å². The molecular weight excluding hydrogens is 312 g/mol. The fraction of sp³-hybridized carbons (Fsp3) is 0.438. The number of amides is 1. The molecule has 1 aliphatic rings. The monoisotopic (exact) mass is 332 g/mol. The molecule has 0 aliphatic carbocycles. The van der Waals surface area contributed by atoms with Gasteiger partial charge < -0.3 is 14.5 Å². The van der Waals surface area contributed by atoms with E-state index in [9.17, 15) is 4.79 Å². The molecule has 2 aromatic rings. The zero-order chi connectivity index (χ0) is 16.4. The number of hydrogen-bond acceptors (Lipinski definition) is 6. The second-order valence-electron chi connectivity index (χ2n) is 5.60. The lowest BCUT2D eigenvalue weighted by Crippen LogP contribution is -2.38. The molecule has 122 valence electrons. The van der Waals surface area contributed by atoms with Crippen LogP contribution in [0.25, 0.3) is 0 Å². The Morgan fingerprint density at radius 3 is 2.87 bits per heavy atom. The summed E-state index contributed by atoms with van der Waals surface area (Å²) in [6, 6.07) is 4.05. The third-order valence-corrected chi connectivity index (χ3v) is 5.11. The predicted octanol–water partition coefficient (Wildman–Crippen LogP) is 2.21. The van der Waals surface area contributed by atoms with Crippen molar-refractivity contribution < 1.29 is 9.53 Å². The summed E-state index contributed by atoms with van der Waals surface area (Å²) >= 11 is 1.54. The van der Waals surface area contributed by atoms with Gasteiger partial charge in [0.15, 0.2) is 5.82 Å². The van der Waals surface area contributed by atoms with E-state index in [0.717, 1.165) is 35.1 Å². The number of aryl methyl sites for hydroxylation is 1. The van der Waals surface area contributed by atoms with Gasteiger partial charge in [0.2, 0.25) is 0 Å². The van der Waals surface area contributed by atoms with E-state index in [0.29, 0.717) is 5.88 Å². The van der Waals surface area contributed by atoms with E-state index >= 15 is 0 Å². The van der Waals surface area contributed by atoms with Gasteiger partial charge in [0.25, 0.3) is 11.8 Å². The van der Waals surface area contributed by atoms with E-state index < -0.39 is 0 Å².